The number of methoxy groups -OCH3 is 2. The topological polar surface area (TPSA) is 52.5 Å². The van der Waals surface area contributed by atoms with Crippen LogP contribution in [-0.2, 0) is 16.1 Å². The Bertz CT molecular complexity index is 889. The van der Waals surface area contributed by atoms with Gasteiger partial charge in [-0.2, -0.15) is 0 Å². The molecule has 0 amide bonds. The first-order valence-corrected chi connectivity index (χ1v) is 9.69. The first-order chi connectivity index (χ1) is 14.2. The highest BCUT2D eigenvalue weighted by Crippen LogP contribution is 2.33. The lowest BCUT2D eigenvalue weighted by atomic mass is 9.94. The lowest BCUT2D eigenvalue weighted by molar-refractivity contribution is 0.0745. The van der Waals surface area contributed by atoms with Gasteiger partial charge in [-0.15, -0.1) is 0 Å². The van der Waals surface area contributed by atoms with Crippen molar-refractivity contribution in [3.05, 3.63) is 59.4 Å². The van der Waals surface area contributed by atoms with E-state index in [1.807, 2.05) is 24.3 Å². The Hall–Kier alpha value is -2.64. The van der Waals surface area contributed by atoms with Crippen molar-refractivity contribution >= 4 is 5.71 Å². The molecule has 4 rings (SSSR count). The summed E-state index contributed by atoms with van der Waals surface area (Å²) < 4.78 is 30.4. The minimum atomic E-state index is -0.261. The number of ether oxygens (including phenoxy) is 3. The maximum Gasteiger partial charge on any atom is 0.161 e. The molecule has 0 unspecified atom stereocenters. The molecule has 0 N–H and O–H groups in total. The highest BCUT2D eigenvalue weighted by atomic mass is 19.1. The number of hydrogen-bond acceptors (Lipinski definition) is 6. The molecule has 2 aliphatic rings. The van der Waals surface area contributed by atoms with Gasteiger partial charge in [0.25, 0.3) is 0 Å². The van der Waals surface area contributed by atoms with Crippen LogP contribution in [0.4, 0.5) is 4.39 Å². The number of benzene rings is 2. The molecule has 2 heterocycles. The van der Waals surface area contributed by atoms with Gasteiger partial charge in [-0.1, -0.05) is 29.4 Å². The summed E-state index contributed by atoms with van der Waals surface area (Å²) in [4.78, 5) is 7.91. The third-order valence-electron chi connectivity index (χ3n) is 5.31. The van der Waals surface area contributed by atoms with Crippen LogP contribution in [0, 0.1) is 11.7 Å². The minimum Gasteiger partial charge on any atom is -0.493 e. The molecule has 2 aromatic carbocycles. The van der Waals surface area contributed by atoms with Gasteiger partial charge in [-0.05, 0) is 23.8 Å². The zero-order valence-corrected chi connectivity index (χ0v) is 16.6. The van der Waals surface area contributed by atoms with Crippen molar-refractivity contribution in [2.75, 3.05) is 40.5 Å². The number of halogens is 1. The van der Waals surface area contributed by atoms with Crippen molar-refractivity contribution in [3.8, 4) is 11.5 Å². The Kier molecular flexibility index (Phi) is 5.97. The molecule has 1 saturated heterocycles. The number of oxime groups is 1. The monoisotopic (exact) mass is 400 g/mol. The largest absolute Gasteiger partial charge is 0.493 e. The Labute approximate surface area is 169 Å². The van der Waals surface area contributed by atoms with Crippen molar-refractivity contribution in [1.82, 2.24) is 4.90 Å². The first-order valence-electron chi connectivity index (χ1n) is 9.69. The smallest absolute Gasteiger partial charge is 0.161 e. The summed E-state index contributed by atoms with van der Waals surface area (Å²) in [5.41, 5.74) is 2.35. The van der Waals surface area contributed by atoms with E-state index in [4.69, 9.17) is 19.0 Å². The summed E-state index contributed by atoms with van der Waals surface area (Å²) in [6, 6.07) is 12.7. The Balaban J connectivity index is 1.42. The fourth-order valence-corrected chi connectivity index (χ4v) is 3.88. The molecule has 1 fully saturated rings. The second-order valence-corrected chi connectivity index (χ2v) is 7.23. The van der Waals surface area contributed by atoms with Gasteiger partial charge >= 0.3 is 0 Å². The van der Waals surface area contributed by atoms with Crippen molar-refractivity contribution < 1.29 is 23.4 Å². The van der Waals surface area contributed by atoms with Crippen molar-refractivity contribution in [2.45, 2.75) is 12.6 Å². The van der Waals surface area contributed by atoms with Crippen molar-refractivity contribution in [3.63, 3.8) is 0 Å². The van der Waals surface area contributed by atoms with Gasteiger partial charge in [0.2, 0.25) is 0 Å². The van der Waals surface area contributed by atoms with Crippen molar-refractivity contribution in [2.24, 2.45) is 11.1 Å². The van der Waals surface area contributed by atoms with Gasteiger partial charge in [0, 0.05) is 32.3 Å². The summed E-state index contributed by atoms with van der Waals surface area (Å²) in [6.07, 6.45) is -0.0387. The molecule has 0 aromatic heterocycles. The van der Waals surface area contributed by atoms with E-state index in [1.54, 1.807) is 26.4 Å². The fraction of sp³-hybridized carbons (Fsp3) is 0.409. The molecular weight excluding hydrogens is 375 g/mol. The van der Waals surface area contributed by atoms with Crippen LogP contribution in [0.1, 0.15) is 11.1 Å². The second kappa shape index (κ2) is 8.80. The molecule has 0 bridgehead atoms. The summed E-state index contributed by atoms with van der Waals surface area (Å²) >= 11 is 0. The van der Waals surface area contributed by atoms with Crippen LogP contribution in [0.15, 0.2) is 47.6 Å². The fourth-order valence-electron chi connectivity index (χ4n) is 3.88. The van der Waals surface area contributed by atoms with Crippen LogP contribution in [0.25, 0.3) is 0 Å². The van der Waals surface area contributed by atoms with Crippen LogP contribution in [-0.4, -0.2) is 57.2 Å². The molecular formula is C22H25FN2O4. The molecule has 29 heavy (non-hydrogen) atoms. The lowest BCUT2D eigenvalue weighted by Crippen LogP contribution is -2.23. The molecule has 2 aliphatic heterocycles. The third kappa shape index (κ3) is 4.21. The van der Waals surface area contributed by atoms with Gasteiger partial charge in [-0.25, -0.2) is 4.39 Å². The van der Waals surface area contributed by atoms with Crippen LogP contribution < -0.4 is 9.47 Å². The highest BCUT2D eigenvalue weighted by molar-refractivity contribution is 6.03. The van der Waals surface area contributed by atoms with Crippen molar-refractivity contribution in [1.29, 1.82) is 0 Å². The quantitative estimate of drug-likeness (QED) is 0.638. The van der Waals surface area contributed by atoms with Crippen LogP contribution in [0.2, 0.25) is 0 Å². The molecule has 2 atom stereocenters. The Morgan fingerprint density at radius 3 is 2.76 bits per heavy atom. The summed E-state index contributed by atoms with van der Waals surface area (Å²) in [5, 5.41) is 4.17. The van der Waals surface area contributed by atoms with E-state index in [-0.39, 0.29) is 17.8 Å². The van der Waals surface area contributed by atoms with Gasteiger partial charge in [-0.3, -0.25) is 4.90 Å². The molecule has 0 aliphatic carbocycles. The predicted molar refractivity (Wildman–Crippen MR) is 107 cm³/mol. The summed E-state index contributed by atoms with van der Waals surface area (Å²) in [6.45, 7) is 3.26. The maximum absolute atomic E-state index is 14.2. The number of rotatable bonds is 8. The summed E-state index contributed by atoms with van der Waals surface area (Å²) in [7, 11) is 3.27. The molecule has 0 spiro atoms. The van der Waals surface area contributed by atoms with E-state index < -0.39 is 0 Å². The van der Waals surface area contributed by atoms with E-state index >= 15 is 0 Å². The number of hydrogen-bond donors (Lipinski definition) is 0. The van der Waals surface area contributed by atoms with Crippen LogP contribution in [0.5, 0.6) is 11.5 Å². The lowest BCUT2D eigenvalue weighted by Gasteiger charge is -2.18. The summed E-state index contributed by atoms with van der Waals surface area (Å²) in [5.74, 6) is 1.21. The van der Waals surface area contributed by atoms with Gasteiger partial charge < -0.3 is 19.0 Å². The van der Waals surface area contributed by atoms with Gasteiger partial charge in [0.05, 0.1) is 25.3 Å². The van der Waals surface area contributed by atoms with E-state index in [0.29, 0.717) is 36.0 Å². The number of fused-ring (bicyclic) bond motifs is 1. The van der Waals surface area contributed by atoms with E-state index in [2.05, 4.69) is 10.1 Å². The number of nitrogens with zero attached hydrogens (tertiary/aromatic N) is 2. The molecule has 0 radical (unpaired) electrons. The zero-order valence-electron chi connectivity index (χ0n) is 16.6. The normalized spacial score (nSPS) is 20.9. The minimum absolute atomic E-state index is 0.0387. The standard InChI is InChI=1S/C22H25FN2O4/c1-26-9-10-28-19-8-7-15(11-20(19)27-2)12-25-13-17-21(14-25)29-24-22(17)16-5-3-4-6-18(16)23/h3-8,11,17,21H,9-10,12-14H2,1-2H3/t17-,21-/m0/s1. The van der Waals surface area contributed by atoms with Crippen LogP contribution in [0.3, 0.4) is 0 Å². The maximum atomic E-state index is 14.2. The molecule has 0 saturated carbocycles. The predicted octanol–water partition coefficient (Wildman–Crippen LogP) is 3.09. The van der Waals surface area contributed by atoms with Crippen LogP contribution >= 0.6 is 0 Å². The van der Waals surface area contributed by atoms with E-state index in [0.717, 1.165) is 25.2 Å². The molecule has 6 nitrogen and oxygen atoms in total. The van der Waals surface area contributed by atoms with Gasteiger partial charge in [0.15, 0.2) is 11.5 Å². The Morgan fingerprint density at radius 1 is 1.10 bits per heavy atom. The molecule has 7 heteroatoms. The second-order valence-electron chi connectivity index (χ2n) is 7.23. The van der Waals surface area contributed by atoms with E-state index in [9.17, 15) is 4.39 Å². The highest BCUT2D eigenvalue weighted by Gasteiger charge is 2.43. The Morgan fingerprint density at radius 2 is 1.97 bits per heavy atom. The average molecular weight is 400 g/mol. The SMILES string of the molecule is COCCOc1ccc(CN2C[C@@H]3ON=C(c4ccccc4F)[C@H]3C2)cc1OC. The third-order valence-corrected chi connectivity index (χ3v) is 5.31. The van der Waals surface area contributed by atoms with Gasteiger partial charge in [0.1, 0.15) is 18.5 Å². The molecule has 2 aromatic rings. The number of likely N-dealkylation sites (tertiary alicyclic amines) is 1. The van der Waals surface area contributed by atoms with E-state index in [1.165, 1.54) is 6.07 Å². The first kappa shape index (κ1) is 19.7. The zero-order chi connectivity index (χ0) is 20.2. The molecule has 154 valence electrons. The average Bonchev–Trinajstić information content (AvgIpc) is 3.30.